The molecule has 0 amide bonds. The molecule has 3 heteroatoms. The third-order valence-electron chi connectivity index (χ3n) is 3.00. The van der Waals surface area contributed by atoms with Crippen LogP contribution in [0.2, 0.25) is 0 Å². The summed E-state index contributed by atoms with van der Waals surface area (Å²) in [4.78, 5) is 7.73. The van der Waals surface area contributed by atoms with Crippen LogP contribution in [0.3, 0.4) is 0 Å². The molecule has 0 radical (unpaired) electrons. The average molecular weight is 269 g/mol. The standard InChI is InChI=1S/C16H13ClN2/c17-15(13-9-5-2-6-10-13)16-18-11-14(19-16)12-7-3-1-4-8-12/h1-11,15H,(H,18,19). The van der Waals surface area contributed by atoms with Gasteiger partial charge in [0.1, 0.15) is 11.2 Å². The van der Waals surface area contributed by atoms with Gasteiger partial charge in [0, 0.05) is 11.8 Å². The van der Waals surface area contributed by atoms with Crippen molar-refractivity contribution >= 4 is 11.6 Å². The smallest absolute Gasteiger partial charge is 0.129 e. The maximum atomic E-state index is 6.44. The van der Waals surface area contributed by atoms with Gasteiger partial charge < -0.3 is 4.98 Å². The van der Waals surface area contributed by atoms with Crippen LogP contribution in [0.1, 0.15) is 16.8 Å². The molecule has 3 rings (SSSR count). The van der Waals surface area contributed by atoms with Crippen molar-refractivity contribution < 1.29 is 0 Å². The molecule has 1 N–H and O–H groups in total. The van der Waals surface area contributed by atoms with E-state index in [1.54, 1.807) is 0 Å². The summed E-state index contributed by atoms with van der Waals surface area (Å²) in [6, 6.07) is 20.0. The largest absolute Gasteiger partial charge is 0.346 e. The molecule has 2 aromatic carbocycles. The third kappa shape index (κ3) is 2.54. The number of nitrogens with zero attached hydrogens (tertiary/aromatic N) is 1. The van der Waals surface area contributed by atoms with E-state index in [4.69, 9.17) is 11.6 Å². The molecule has 19 heavy (non-hydrogen) atoms. The molecule has 3 aromatic rings. The molecule has 1 heterocycles. The molecule has 0 fully saturated rings. The Morgan fingerprint density at radius 2 is 1.53 bits per heavy atom. The van der Waals surface area contributed by atoms with Crippen molar-refractivity contribution in [1.29, 1.82) is 0 Å². The number of aromatic nitrogens is 2. The highest BCUT2D eigenvalue weighted by Gasteiger charge is 2.14. The highest BCUT2D eigenvalue weighted by molar-refractivity contribution is 6.22. The van der Waals surface area contributed by atoms with Crippen LogP contribution >= 0.6 is 11.6 Å². The fourth-order valence-corrected chi connectivity index (χ4v) is 2.26. The van der Waals surface area contributed by atoms with E-state index in [9.17, 15) is 0 Å². The monoisotopic (exact) mass is 268 g/mol. The van der Waals surface area contributed by atoms with Crippen molar-refractivity contribution in [3.05, 3.63) is 78.2 Å². The van der Waals surface area contributed by atoms with Crippen molar-refractivity contribution in [2.24, 2.45) is 0 Å². The Labute approximate surface area is 117 Å². The molecule has 1 atom stereocenters. The SMILES string of the molecule is ClC(c1ccccc1)c1nc(-c2ccccc2)c[nH]1. The predicted octanol–water partition coefficient (Wildman–Crippen LogP) is 4.40. The zero-order valence-corrected chi connectivity index (χ0v) is 11.0. The Morgan fingerprint density at radius 3 is 2.21 bits per heavy atom. The molecule has 0 aliphatic heterocycles. The van der Waals surface area contributed by atoms with Crippen LogP contribution in [0, 0.1) is 0 Å². The van der Waals surface area contributed by atoms with E-state index in [1.165, 1.54) is 0 Å². The van der Waals surface area contributed by atoms with Crippen LogP contribution in [0.15, 0.2) is 66.9 Å². The molecule has 0 spiro atoms. The summed E-state index contributed by atoms with van der Waals surface area (Å²) >= 11 is 6.44. The molecule has 0 aliphatic carbocycles. The van der Waals surface area contributed by atoms with Crippen LogP contribution in [-0.4, -0.2) is 9.97 Å². The van der Waals surface area contributed by atoms with E-state index >= 15 is 0 Å². The van der Waals surface area contributed by atoms with E-state index in [0.717, 1.165) is 22.6 Å². The van der Waals surface area contributed by atoms with Gasteiger partial charge in [-0.2, -0.15) is 0 Å². The first-order chi connectivity index (χ1) is 9.34. The lowest BCUT2D eigenvalue weighted by Gasteiger charge is -2.05. The first-order valence-corrected chi connectivity index (χ1v) is 6.58. The zero-order chi connectivity index (χ0) is 13.1. The van der Waals surface area contributed by atoms with Gasteiger partial charge in [0.15, 0.2) is 0 Å². The maximum Gasteiger partial charge on any atom is 0.129 e. The van der Waals surface area contributed by atoms with Gasteiger partial charge in [-0.15, -0.1) is 11.6 Å². The first-order valence-electron chi connectivity index (χ1n) is 6.14. The second kappa shape index (κ2) is 5.29. The van der Waals surface area contributed by atoms with Gasteiger partial charge in [0.2, 0.25) is 0 Å². The van der Waals surface area contributed by atoms with E-state index in [2.05, 4.69) is 9.97 Å². The number of nitrogens with one attached hydrogen (secondary N) is 1. The molecule has 0 saturated heterocycles. The summed E-state index contributed by atoms with van der Waals surface area (Å²) in [6.45, 7) is 0. The van der Waals surface area contributed by atoms with Gasteiger partial charge in [-0.05, 0) is 5.56 Å². The van der Waals surface area contributed by atoms with E-state index in [1.807, 2.05) is 66.9 Å². The molecule has 1 unspecified atom stereocenters. The normalized spacial score (nSPS) is 12.3. The zero-order valence-electron chi connectivity index (χ0n) is 10.3. The number of imidazole rings is 1. The van der Waals surface area contributed by atoms with Gasteiger partial charge in [-0.1, -0.05) is 60.7 Å². The number of hydrogen-bond donors (Lipinski definition) is 1. The Bertz CT molecular complexity index is 647. The second-order valence-corrected chi connectivity index (χ2v) is 4.75. The molecule has 1 aromatic heterocycles. The third-order valence-corrected chi connectivity index (χ3v) is 3.46. The van der Waals surface area contributed by atoms with Gasteiger partial charge >= 0.3 is 0 Å². The minimum Gasteiger partial charge on any atom is -0.346 e. The minimum atomic E-state index is -0.251. The number of rotatable bonds is 3. The molecular formula is C16H13ClN2. The van der Waals surface area contributed by atoms with E-state index in [0.29, 0.717) is 0 Å². The summed E-state index contributed by atoms with van der Waals surface area (Å²) in [5, 5.41) is -0.251. The fraction of sp³-hybridized carbons (Fsp3) is 0.0625. The van der Waals surface area contributed by atoms with Crippen molar-refractivity contribution in [2.75, 3.05) is 0 Å². The van der Waals surface area contributed by atoms with Crippen molar-refractivity contribution in [3.8, 4) is 11.3 Å². The fourth-order valence-electron chi connectivity index (χ4n) is 2.00. The Morgan fingerprint density at radius 1 is 0.895 bits per heavy atom. The topological polar surface area (TPSA) is 28.7 Å². The molecule has 0 bridgehead atoms. The summed E-state index contributed by atoms with van der Waals surface area (Å²) in [5.41, 5.74) is 3.04. The number of halogens is 1. The lowest BCUT2D eigenvalue weighted by Crippen LogP contribution is -1.95. The van der Waals surface area contributed by atoms with Crippen LogP contribution in [0.25, 0.3) is 11.3 Å². The molecule has 94 valence electrons. The average Bonchev–Trinajstić information content (AvgIpc) is 2.98. The molecule has 2 nitrogen and oxygen atoms in total. The Hall–Kier alpha value is -2.06. The van der Waals surface area contributed by atoms with Crippen LogP contribution in [0.4, 0.5) is 0 Å². The maximum absolute atomic E-state index is 6.44. The summed E-state index contributed by atoms with van der Waals surface area (Å²) in [7, 11) is 0. The van der Waals surface area contributed by atoms with Crippen molar-refractivity contribution in [3.63, 3.8) is 0 Å². The summed E-state index contributed by atoms with van der Waals surface area (Å²) in [6.07, 6.45) is 1.89. The van der Waals surface area contributed by atoms with E-state index < -0.39 is 0 Å². The van der Waals surface area contributed by atoms with Crippen molar-refractivity contribution in [1.82, 2.24) is 9.97 Å². The Balaban J connectivity index is 1.90. The number of aromatic amines is 1. The number of hydrogen-bond acceptors (Lipinski definition) is 1. The van der Waals surface area contributed by atoms with Gasteiger partial charge in [-0.25, -0.2) is 4.98 Å². The number of alkyl halides is 1. The molecule has 0 aliphatic rings. The summed E-state index contributed by atoms with van der Waals surface area (Å²) < 4.78 is 0. The minimum absolute atomic E-state index is 0.251. The van der Waals surface area contributed by atoms with Crippen LogP contribution < -0.4 is 0 Å². The van der Waals surface area contributed by atoms with Gasteiger partial charge in [-0.3, -0.25) is 0 Å². The van der Waals surface area contributed by atoms with Crippen LogP contribution in [-0.2, 0) is 0 Å². The molecule has 0 saturated carbocycles. The van der Waals surface area contributed by atoms with Gasteiger partial charge in [0.25, 0.3) is 0 Å². The first kappa shape index (κ1) is 12.0. The number of benzene rings is 2. The predicted molar refractivity (Wildman–Crippen MR) is 78.2 cm³/mol. The second-order valence-electron chi connectivity index (χ2n) is 4.31. The Kier molecular flexibility index (Phi) is 3.34. The van der Waals surface area contributed by atoms with E-state index in [-0.39, 0.29) is 5.38 Å². The lowest BCUT2D eigenvalue weighted by atomic mass is 10.1. The molecular weight excluding hydrogens is 256 g/mol. The highest BCUT2D eigenvalue weighted by Crippen LogP contribution is 2.28. The van der Waals surface area contributed by atoms with Crippen LogP contribution in [0.5, 0.6) is 0 Å². The lowest BCUT2D eigenvalue weighted by molar-refractivity contribution is 0.993. The number of H-pyrrole nitrogens is 1. The quantitative estimate of drug-likeness (QED) is 0.701. The van der Waals surface area contributed by atoms with Crippen molar-refractivity contribution in [2.45, 2.75) is 5.38 Å². The summed E-state index contributed by atoms with van der Waals surface area (Å²) in [5.74, 6) is 0.770. The highest BCUT2D eigenvalue weighted by atomic mass is 35.5. The van der Waals surface area contributed by atoms with Gasteiger partial charge in [0.05, 0.1) is 5.69 Å².